The first-order valence-electron chi connectivity index (χ1n) is 9.49. The Morgan fingerprint density at radius 1 is 0.897 bits per heavy atom. The number of cyclic esters (lactones) is 1. The van der Waals surface area contributed by atoms with Gasteiger partial charge >= 0.3 is 5.97 Å². The highest BCUT2D eigenvalue weighted by Gasteiger charge is 2.30. The fourth-order valence-corrected chi connectivity index (χ4v) is 3.40. The summed E-state index contributed by atoms with van der Waals surface area (Å²) in [6, 6.07) is 26.2. The Labute approximate surface area is 169 Å². The van der Waals surface area contributed by atoms with Crippen molar-refractivity contribution in [2.45, 2.75) is 18.4 Å². The van der Waals surface area contributed by atoms with Crippen molar-refractivity contribution in [3.63, 3.8) is 0 Å². The lowest BCUT2D eigenvalue weighted by Crippen LogP contribution is -2.22. The summed E-state index contributed by atoms with van der Waals surface area (Å²) in [6.07, 6.45) is 2.87. The summed E-state index contributed by atoms with van der Waals surface area (Å²) in [4.78, 5) is 24.5. The van der Waals surface area contributed by atoms with Crippen LogP contribution in [0, 0.1) is 0 Å². The number of rotatable bonds is 7. The predicted molar refractivity (Wildman–Crippen MR) is 110 cm³/mol. The molecule has 0 saturated heterocycles. The van der Waals surface area contributed by atoms with Crippen molar-refractivity contribution in [3.8, 4) is 11.5 Å². The Bertz CT molecular complexity index is 1020. The molecule has 0 fully saturated rings. The van der Waals surface area contributed by atoms with Crippen LogP contribution >= 0.6 is 0 Å². The summed E-state index contributed by atoms with van der Waals surface area (Å²) >= 11 is 0. The van der Waals surface area contributed by atoms with E-state index >= 15 is 0 Å². The minimum absolute atomic E-state index is 0.00123. The molecule has 0 radical (unpaired) electrons. The highest BCUT2D eigenvalue weighted by atomic mass is 16.5. The monoisotopic (exact) mass is 384 g/mol. The van der Waals surface area contributed by atoms with Gasteiger partial charge in [0, 0.05) is 24.0 Å². The lowest BCUT2D eigenvalue weighted by molar-refractivity contribution is -0.139. The SMILES string of the molecule is O=C1C=C[C@@H]([C@@H](CC(=O)c2ccccc2)c2cccc(Oc3ccccc3)c2)O1. The predicted octanol–water partition coefficient (Wildman–Crippen LogP) is 5.32. The number of ether oxygens (including phenoxy) is 2. The Morgan fingerprint density at radius 3 is 2.28 bits per heavy atom. The molecule has 0 saturated carbocycles. The molecule has 0 aliphatic carbocycles. The zero-order chi connectivity index (χ0) is 20.1. The van der Waals surface area contributed by atoms with Crippen molar-refractivity contribution in [2.24, 2.45) is 0 Å². The number of para-hydroxylation sites is 1. The number of esters is 1. The Kier molecular flexibility index (Phi) is 5.52. The molecule has 1 aliphatic rings. The minimum Gasteiger partial charge on any atom is -0.457 e. The molecule has 2 atom stereocenters. The van der Waals surface area contributed by atoms with E-state index in [2.05, 4.69) is 0 Å². The van der Waals surface area contributed by atoms with Crippen LogP contribution in [0.4, 0.5) is 0 Å². The Balaban J connectivity index is 1.61. The van der Waals surface area contributed by atoms with Crippen LogP contribution < -0.4 is 4.74 Å². The molecular weight excluding hydrogens is 364 g/mol. The van der Waals surface area contributed by atoms with Crippen LogP contribution in [0.5, 0.6) is 11.5 Å². The molecule has 4 heteroatoms. The zero-order valence-corrected chi connectivity index (χ0v) is 15.7. The summed E-state index contributed by atoms with van der Waals surface area (Å²) < 4.78 is 11.4. The average Bonchev–Trinajstić information content (AvgIpc) is 3.19. The lowest BCUT2D eigenvalue weighted by atomic mass is 9.87. The van der Waals surface area contributed by atoms with Crippen LogP contribution in [-0.2, 0) is 9.53 Å². The first kappa shape index (κ1) is 18.7. The molecule has 1 heterocycles. The summed E-state index contributed by atoms with van der Waals surface area (Å²) in [6.45, 7) is 0. The van der Waals surface area contributed by atoms with Crippen LogP contribution in [-0.4, -0.2) is 17.9 Å². The second kappa shape index (κ2) is 8.57. The lowest BCUT2D eigenvalue weighted by Gasteiger charge is -2.22. The first-order chi connectivity index (χ1) is 14.2. The van der Waals surface area contributed by atoms with Gasteiger partial charge in [0.1, 0.15) is 17.6 Å². The van der Waals surface area contributed by atoms with Crippen molar-refractivity contribution < 1.29 is 19.1 Å². The largest absolute Gasteiger partial charge is 0.457 e. The number of Topliss-reactive ketones (excluding diaryl/α,β-unsaturated/α-hetero) is 1. The molecule has 0 spiro atoms. The van der Waals surface area contributed by atoms with Gasteiger partial charge in [0.2, 0.25) is 0 Å². The van der Waals surface area contributed by atoms with Gasteiger partial charge in [-0.3, -0.25) is 4.79 Å². The smallest absolute Gasteiger partial charge is 0.331 e. The van der Waals surface area contributed by atoms with Gasteiger partial charge < -0.3 is 9.47 Å². The highest BCUT2D eigenvalue weighted by molar-refractivity contribution is 5.96. The number of carbonyl (C=O) groups is 2. The van der Waals surface area contributed by atoms with E-state index in [4.69, 9.17) is 9.47 Å². The molecule has 0 amide bonds. The van der Waals surface area contributed by atoms with Crippen molar-refractivity contribution in [1.82, 2.24) is 0 Å². The molecule has 4 nitrogen and oxygen atoms in total. The summed E-state index contributed by atoms with van der Waals surface area (Å²) in [5.41, 5.74) is 1.52. The van der Waals surface area contributed by atoms with Gasteiger partial charge in [-0.15, -0.1) is 0 Å². The second-order valence-corrected chi connectivity index (χ2v) is 6.85. The third-order valence-electron chi connectivity index (χ3n) is 4.84. The third kappa shape index (κ3) is 4.61. The van der Waals surface area contributed by atoms with Gasteiger partial charge in [-0.05, 0) is 35.9 Å². The Morgan fingerprint density at radius 2 is 1.59 bits per heavy atom. The third-order valence-corrected chi connectivity index (χ3v) is 4.84. The maximum Gasteiger partial charge on any atom is 0.331 e. The van der Waals surface area contributed by atoms with E-state index in [9.17, 15) is 9.59 Å². The molecule has 29 heavy (non-hydrogen) atoms. The van der Waals surface area contributed by atoms with Crippen LogP contribution in [0.3, 0.4) is 0 Å². The Hall–Kier alpha value is -3.66. The van der Waals surface area contributed by atoms with E-state index in [1.54, 1.807) is 18.2 Å². The fourth-order valence-electron chi connectivity index (χ4n) is 3.40. The summed E-state index contributed by atoms with van der Waals surface area (Å²) in [5, 5.41) is 0. The topological polar surface area (TPSA) is 52.6 Å². The van der Waals surface area contributed by atoms with E-state index in [1.807, 2.05) is 72.8 Å². The average molecular weight is 384 g/mol. The number of ketones is 1. The van der Waals surface area contributed by atoms with Crippen molar-refractivity contribution in [3.05, 3.63) is 108 Å². The number of benzene rings is 3. The molecule has 1 aliphatic heterocycles. The van der Waals surface area contributed by atoms with Crippen molar-refractivity contribution in [2.75, 3.05) is 0 Å². The molecule has 0 aromatic heterocycles. The molecule has 3 aromatic carbocycles. The number of hydrogen-bond donors (Lipinski definition) is 0. The molecule has 0 N–H and O–H groups in total. The van der Waals surface area contributed by atoms with E-state index < -0.39 is 6.10 Å². The van der Waals surface area contributed by atoms with Gasteiger partial charge in [0.25, 0.3) is 0 Å². The van der Waals surface area contributed by atoms with Gasteiger partial charge in [0.15, 0.2) is 5.78 Å². The van der Waals surface area contributed by atoms with Crippen LogP contribution in [0.2, 0.25) is 0 Å². The molecular formula is C25H20O4. The first-order valence-corrected chi connectivity index (χ1v) is 9.49. The second-order valence-electron chi connectivity index (χ2n) is 6.85. The van der Waals surface area contributed by atoms with Crippen LogP contribution in [0.25, 0.3) is 0 Å². The molecule has 0 unspecified atom stereocenters. The normalized spacial score (nSPS) is 16.3. The minimum atomic E-state index is -0.484. The van der Waals surface area contributed by atoms with Gasteiger partial charge in [-0.1, -0.05) is 60.7 Å². The number of hydrogen-bond acceptors (Lipinski definition) is 4. The standard InChI is InChI=1S/C25H20O4/c26-23(18-8-3-1-4-9-18)17-22(24-14-15-25(27)29-24)19-10-7-13-21(16-19)28-20-11-5-2-6-12-20/h1-16,22,24H,17H2/t22-,24-/m0/s1. The van der Waals surface area contributed by atoms with Crippen molar-refractivity contribution >= 4 is 11.8 Å². The maximum atomic E-state index is 12.8. The van der Waals surface area contributed by atoms with E-state index in [0.717, 1.165) is 11.3 Å². The quantitative estimate of drug-likeness (QED) is 0.409. The molecule has 0 bridgehead atoms. The molecule has 3 aromatic rings. The van der Waals surface area contributed by atoms with Gasteiger partial charge in [0.05, 0.1) is 0 Å². The maximum absolute atomic E-state index is 12.8. The van der Waals surface area contributed by atoms with Gasteiger partial charge in [-0.25, -0.2) is 4.79 Å². The van der Waals surface area contributed by atoms with Crippen LogP contribution in [0.15, 0.2) is 97.1 Å². The van der Waals surface area contributed by atoms with Crippen molar-refractivity contribution in [1.29, 1.82) is 0 Å². The zero-order valence-electron chi connectivity index (χ0n) is 15.7. The molecule has 144 valence electrons. The van der Waals surface area contributed by atoms with E-state index in [0.29, 0.717) is 11.3 Å². The summed E-state index contributed by atoms with van der Waals surface area (Å²) in [5.74, 6) is 0.711. The van der Waals surface area contributed by atoms with E-state index in [-0.39, 0.29) is 24.1 Å². The van der Waals surface area contributed by atoms with Gasteiger partial charge in [-0.2, -0.15) is 0 Å². The van der Waals surface area contributed by atoms with E-state index in [1.165, 1.54) is 6.08 Å². The highest BCUT2D eigenvalue weighted by Crippen LogP contribution is 2.33. The number of carbonyl (C=O) groups excluding carboxylic acids is 2. The summed E-state index contributed by atoms with van der Waals surface area (Å²) in [7, 11) is 0. The van der Waals surface area contributed by atoms with Crippen LogP contribution in [0.1, 0.15) is 28.3 Å². The molecule has 4 rings (SSSR count). The fraction of sp³-hybridized carbons (Fsp3) is 0.120.